The van der Waals surface area contributed by atoms with Crippen molar-refractivity contribution in [3.05, 3.63) is 0 Å². The SMILES string of the molecule is NC[C@H](O)[C@@H](O)[C@@H](O)[C@H](O)CO. The summed E-state index contributed by atoms with van der Waals surface area (Å²) in [6.07, 6.45) is -5.91. The normalized spacial score (nSPS) is 21.5. The van der Waals surface area contributed by atoms with Gasteiger partial charge in [-0.15, -0.1) is 0 Å². The van der Waals surface area contributed by atoms with Crippen LogP contribution in [0.2, 0.25) is 0 Å². The summed E-state index contributed by atoms with van der Waals surface area (Å²) in [5, 5.41) is 44.2. The smallest absolute Gasteiger partial charge is 0.111 e. The lowest BCUT2D eigenvalue weighted by molar-refractivity contribution is -0.112. The molecule has 4 atom stereocenters. The largest absolute Gasteiger partial charge is 0.394 e. The molecule has 0 aliphatic heterocycles. The van der Waals surface area contributed by atoms with Crippen molar-refractivity contribution in [2.45, 2.75) is 24.4 Å². The van der Waals surface area contributed by atoms with Gasteiger partial charge >= 0.3 is 0 Å². The fourth-order valence-electron chi connectivity index (χ4n) is 0.703. The molecule has 0 rings (SSSR count). The Labute approximate surface area is 69.9 Å². The first-order valence-corrected chi connectivity index (χ1v) is 3.57. The fourth-order valence-corrected chi connectivity index (χ4v) is 0.703. The van der Waals surface area contributed by atoms with Crippen molar-refractivity contribution in [1.29, 1.82) is 0 Å². The molecule has 12 heavy (non-hydrogen) atoms. The summed E-state index contributed by atoms with van der Waals surface area (Å²) in [5.41, 5.74) is 4.99. The number of hydrogen-bond acceptors (Lipinski definition) is 6. The van der Waals surface area contributed by atoms with Crippen LogP contribution < -0.4 is 5.73 Å². The second-order valence-corrected chi connectivity index (χ2v) is 2.53. The van der Waals surface area contributed by atoms with Crippen LogP contribution in [0.1, 0.15) is 0 Å². The molecule has 0 aromatic carbocycles. The van der Waals surface area contributed by atoms with E-state index in [1.165, 1.54) is 0 Å². The Morgan fingerprint density at radius 1 is 0.917 bits per heavy atom. The highest BCUT2D eigenvalue weighted by Crippen LogP contribution is 2.03. The van der Waals surface area contributed by atoms with Gasteiger partial charge in [0.2, 0.25) is 0 Å². The van der Waals surface area contributed by atoms with Gasteiger partial charge in [-0.3, -0.25) is 0 Å². The lowest BCUT2D eigenvalue weighted by Gasteiger charge is -2.24. The maximum absolute atomic E-state index is 9.04. The number of nitrogens with two attached hydrogens (primary N) is 1. The zero-order valence-corrected chi connectivity index (χ0v) is 6.54. The third-order valence-electron chi connectivity index (χ3n) is 1.57. The molecular weight excluding hydrogens is 166 g/mol. The summed E-state index contributed by atoms with van der Waals surface area (Å²) in [5.74, 6) is 0. The molecule has 7 N–H and O–H groups in total. The Kier molecular flexibility index (Phi) is 5.31. The van der Waals surface area contributed by atoms with Crippen LogP contribution in [0.3, 0.4) is 0 Å². The lowest BCUT2D eigenvalue weighted by Crippen LogP contribution is -2.48. The van der Waals surface area contributed by atoms with Gasteiger partial charge in [0.25, 0.3) is 0 Å². The molecule has 0 fully saturated rings. The van der Waals surface area contributed by atoms with Crippen molar-refractivity contribution in [2.75, 3.05) is 13.2 Å². The number of rotatable bonds is 5. The van der Waals surface area contributed by atoms with Gasteiger partial charge in [-0.25, -0.2) is 0 Å². The van der Waals surface area contributed by atoms with Gasteiger partial charge in [-0.2, -0.15) is 0 Å². The van der Waals surface area contributed by atoms with Crippen molar-refractivity contribution in [2.24, 2.45) is 5.73 Å². The van der Waals surface area contributed by atoms with E-state index in [1.54, 1.807) is 0 Å². The van der Waals surface area contributed by atoms with Crippen LogP contribution in [0.4, 0.5) is 0 Å². The van der Waals surface area contributed by atoms with E-state index >= 15 is 0 Å². The summed E-state index contributed by atoms with van der Waals surface area (Å²) in [4.78, 5) is 0. The minimum Gasteiger partial charge on any atom is -0.394 e. The summed E-state index contributed by atoms with van der Waals surface area (Å²) in [6.45, 7) is -0.911. The Bertz CT molecular complexity index is 109. The van der Waals surface area contributed by atoms with Gasteiger partial charge < -0.3 is 31.3 Å². The Morgan fingerprint density at radius 2 is 1.33 bits per heavy atom. The second-order valence-electron chi connectivity index (χ2n) is 2.53. The highest BCUT2D eigenvalue weighted by molar-refractivity contribution is 4.80. The van der Waals surface area contributed by atoms with E-state index in [9.17, 15) is 0 Å². The van der Waals surface area contributed by atoms with E-state index in [0.29, 0.717) is 0 Å². The molecule has 0 saturated carbocycles. The monoisotopic (exact) mass is 181 g/mol. The standard InChI is InChI=1S/C6H15NO5/c7-1-3(9)5(11)6(12)4(10)2-8/h3-6,8-12H,1-2,7H2/t3-,4+,5+,6-/m0/s1. The molecular formula is C6H15NO5. The van der Waals surface area contributed by atoms with Crippen LogP contribution in [0.15, 0.2) is 0 Å². The van der Waals surface area contributed by atoms with Crippen LogP contribution >= 0.6 is 0 Å². The first kappa shape index (κ1) is 11.8. The lowest BCUT2D eigenvalue weighted by atomic mass is 10.0. The molecule has 74 valence electrons. The summed E-state index contributed by atoms with van der Waals surface area (Å²) < 4.78 is 0. The van der Waals surface area contributed by atoms with E-state index in [2.05, 4.69) is 0 Å². The minimum absolute atomic E-state index is 0.226. The molecule has 0 bridgehead atoms. The summed E-state index contributed by atoms with van der Waals surface area (Å²) in [7, 11) is 0. The Morgan fingerprint density at radius 3 is 1.67 bits per heavy atom. The molecule has 0 spiro atoms. The van der Waals surface area contributed by atoms with E-state index < -0.39 is 31.0 Å². The van der Waals surface area contributed by atoms with E-state index in [4.69, 9.17) is 31.3 Å². The van der Waals surface area contributed by atoms with E-state index in [0.717, 1.165) is 0 Å². The first-order valence-electron chi connectivity index (χ1n) is 3.57. The van der Waals surface area contributed by atoms with Crippen LogP contribution in [0.25, 0.3) is 0 Å². The number of aliphatic hydroxyl groups is 5. The molecule has 0 aromatic rings. The third kappa shape index (κ3) is 3.02. The van der Waals surface area contributed by atoms with Crippen molar-refractivity contribution in [3.8, 4) is 0 Å². The minimum atomic E-state index is -1.59. The summed E-state index contributed by atoms with van der Waals surface area (Å²) in [6, 6.07) is 0. The maximum atomic E-state index is 9.04. The number of hydrogen-bond donors (Lipinski definition) is 6. The van der Waals surface area contributed by atoms with Crippen LogP contribution in [0, 0.1) is 0 Å². The zero-order valence-electron chi connectivity index (χ0n) is 6.54. The quantitative estimate of drug-likeness (QED) is 0.260. The topological polar surface area (TPSA) is 127 Å². The van der Waals surface area contributed by atoms with Gasteiger partial charge in [0.15, 0.2) is 0 Å². The van der Waals surface area contributed by atoms with Crippen molar-refractivity contribution < 1.29 is 25.5 Å². The van der Waals surface area contributed by atoms with Gasteiger partial charge in [-0.05, 0) is 0 Å². The maximum Gasteiger partial charge on any atom is 0.111 e. The van der Waals surface area contributed by atoms with Crippen LogP contribution in [-0.2, 0) is 0 Å². The zero-order chi connectivity index (χ0) is 9.72. The molecule has 0 heterocycles. The molecule has 0 unspecified atom stereocenters. The Balaban J connectivity index is 3.99. The molecule has 0 aliphatic rings. The van der Waals surface area contributed by atoms with Gasteiger partial charge in [0.1, 0.15) is 18.3 Å². The average Bonchev–Trinajstić information content (AvgIpc) is 2.12. The van der Waals surface area contributed by atoms with E-state index in [1.807, 2.05) is 0 Å². The van der Waals surface area contributed by atoms with E-state index in [-0.39, 0.29) is 6.54 Å². The highest BCUT2D eigenvalue weighted by Gasteiger charge is 2.28. The van der Waals surface area contributed by atoms with Crippen molar-refractivity contribution in [1.82, 2.24) is 0 Å². The fraction of sp³-hybridized carbons (Fsp3) is 1.00. The van der Waals surface area contributed by atoms with Crippen LogP contribution in [-0.4, -0.2) is 63.1 Å². The van der Waals surface area contributed by atoms with Crippen molar-refractivity contribution >= 4 is 0 Å². The highest BCUT2D eigenvalue weighted by atomic mass is 16.4. The van der Waals surface area contributed by atoms with Crippen molar-refractivity contribution in [3.63, 3.8) is 0 Å². The third-order valence-corrected chi connectivity index (χ3v) is 1.57. The molecule has 0 saturated heterocycles. The molecule has 6 nitrogen and oxygen atoms in total. The predicted octanol–water partition coefficient (Wildman–Crippen LogP) is -3.62. The van der Waals surface area contributed by atoms with Crippen LogP contribution in [0.5, 0.6) is 0 Å². The summed E-state index contributed by atoms with van der Waals surface area (Å²) >= 11 is 0. The van der Waals surface area contributed by atoms with Gasteiger partial charge in [-0.1, -0.05) is 0 Å². The van der Waals surface area contributed by atoms with Gasteiger partial charge in [0, 0.05) is 6.54 Å². The predicted molar refractivity (Wildman–Crippen MR) is 40.2 cm³/mol. The second kappa shape index (κ2) is 5.41. The molecule has 6 heteroatoms. The molecule has 0 radical (unpaired) electrons. The average molecular weight is 181 g/mol. The molecule has 0 amide bonds. The molecule has 0 aromatic heterocycles. The van der Waals surface area contributed by atoms with Gasteiger partial charge in [0.05, 0.1) is 12.7 Å². The Hall–Kier alpha value is -0.240. The molecule has 0 aliphatic carbocycles. The number of aliphatic hydroxyl groups excluding tert-OH is 5. The first-order chi connectivity index (χ1) is 5.54.